The van der Waals surface area contributed by atoms with Crippen LogP contribution in [0.3, 0.4) is 0 Å². The van der Waals surface area contributed by atoms with Crippen molar-refractivity contribution >= 4 is 29.3 Å². The Labute approximate surface area is 161 Å². The SMILES string of the molecule is O=C(/C=C/c1cccc([N+](=O)[O-])c1)Nc1ccc(C(=O)N2CCOCC2)cc1. The molecule has 1 heterocycles. The average molecular weight is 381 g/mol. The van der Waals surface area contributed by atoms with Crippen LogP contribution in [0.25, 0.3) is 6.08 Å². The number of nitro groups is 1. The van der Waals surface area contributed by atoms with Gasteiger partial charge in [-0.05, 0) is 35.9 Å². The number of carbonyl (C=O) groups is 2. The number of benzene rings is 2. The first-order chi connectivity index (χ1) is 13.5. The van der Waals surface area contributed by atoms with Crippen LogP contribution in [-0.4, -0.2) is 47.9 Å². The van der Waals surface area contributed by atoms with Gasteiger partial charge in [-0.25, -0.2) is 0 Å². The van der Waals surface area contributed by atoms with Crippen molar-refractivity contribution in [3.8, 4) is 0 Å². The molecule has 1 N–H and O–H groups in total. The van der Waals surface area contributed by atoms with Crippen LogP contribution in [-0.2, 0) is 9.53 Å². The van der Waals surface area contributed by atoms with Gasteiger partial charge in [-0.1, -0.05) is 12.1 Å². The van der Waals surface area contributed by atoms with Crippen molar-refractivity contribution in [1.29, 1.82) is 0 Å². The fourth-order valence-corrected chi connectivity index (χ4v) is 2.74. The van der Waals surface area contributed by atoms with Crippen LogP contribution in [0.15, 0.2) is 54.6 Å². The van der Waals surface area contributed by atoms with Gasteiger partial charge in [-0.2, -0.15) is 0 Å². The zero-order valence-electron chi connectivity index (χ0n) is 15.0. The highest BCUT2D eigenvalue weighted by Crippen LogP contribution is 2.15. The third-order valence-electron chi connectivity index (χ3n) is 4.21. The van der Waals surface area contributed by atoms with E-state index >= 15 is 0 Å². The minimum atomic E-state index is -0.489. The molecule has 1 saturated heterocycles. The van der Waals surface area contributed by atoms with Crippen LogP contribution >= 0.6 is 0 Å². The van der Waals surface area contributed by atoms with Gasteiger partial charge in [-0.15, -0.1) is 0 Å². The molecule has 3 rings (SSSR count). The maximum absolute atomic E-state index is 12.4. The van der Waals surface area contributed by atoms with Crippen LogP contribution < -0.4 is 5.32 Å². The lowest BCUT2D eigenvalue weighted by Crippen LogP contribution is -2.40. The highest BCUT2D eigenvalue weighted by atomic mass is 16.6. The summed E-state index contributed by atoms with van der Waals surface area (Å²) in [5.74, 6) is -0.439. The molecule has 0 saturated carbocycles. The summed E-state index contributed by atoms with van der Waals surface area (Å²) < 4.78 is 5.24. The molecule has 0 atom stereocenters. The van der Waals surface area contributed by atoms with Gasteiger partial charge in [0.15, 0.2) is 0 Å². The molecule has 0 aromatic heterocycles. The van der Waals surface area contributed by atoms with Crippen molar-refractivity contribution in [3.05, 3.63) is 75.8 Å². The quantitative estimate of drug-likeness (QED) is 0.487. The molecule has 8 heteroatoms. The molecular formula is C20H19N3O5. The first-order valence-corrected chi connectivity index (χ1v) is 8.73. The normalized spacial score (nSPS) is 14.1. The summed E-state index contributed by atoms with van der Waals surface area (Å²) in [6, 6.07) is 12.6. The molecule has 0 unspecified atom stereocenters. The van der Waals surface area contributed by atoms with Crippen LogP contribution in [0.1, 0.15) is 15.9 Å². The number of rotatable bonds is 5. The monoisotopic (exact) mass is 381 g/mol. The number of morpholine rings is 1. The Kier molecular flexibility index (Phi) is 6.13. The average Bonchev–Trinajstić information content (AvgIpc) is 2.73. The number of nitro benzene ring substituents is 1. The summed E-state index contributed by atoms with van der Waals surface area (Å²) in [6.07, 6.45) is 2.80. The van der Waals surface area contributed by atoms with Crippen molar-refractivity contribution in [2.45, 2.75) is 0 Å². The topological polar surface area (TPSA) is 102 Å². The van der Waals surface area contributed by atoms with Gasteiger partial charge in [-0.3, -0.25) is 19.7 Å². The van der Waals surface area contributed by atoms with Crippen molar-refractivity contribution in [2.75, 3.05) is 31.6 Å². The molecule has 1 fully saturated rings. The van der Waals surface area contributed by atoms with Crippen molar-refractivity contribution in [3.63, 3.8) is 0 Å². The van der Waals surface area contributed by atoms with Gasteiger partial charge in [0.2, 0.25) is 5.91 Å². The van der Waals surface area contributed by atoms with E-state index in [1.807, 2.05) is 0 Å². The van der Waals surface area contributed by atoms with E-state index in [4.69, 9.17) is 4.74 Å². The lowest BCUT2D eigenvalue weighted by Gasteiger charge is -2.26. The van der Waals surface area contributed by atoms with E-state index < -0.39 is 4.92 Å². The number of nitrogens with one attached hydrogen (secondary N) is 1. The maximum Gasteiger partial charge on any atom is 0.270 e. The van der Waals surface area contributed by atoms with E-state index in [9.17, 15) is 19.7 Å². The summed E-state index contributed by atoms with van der Waals surface area (Å²) in [5.41, 5.74) is 1.61. The van der Waals surface area contributed by atoms with Gasteiger partial charge < -0.3 is 15.0 Å². The lowest BCUT2D eigenvalue weighted by molar-refractivity contribution is -0.384. The molecule has 0 aliphatic carbocycles. The van der Waals surface area contributed by atoms with Crippen molar-refractivity contribution < 1.29 is 19.2 Å². The van der Waals surface area contributed by atoms with E-state index in [0.29, 0.717) is 43.1 Å². The number of ether oxygens (including phenoxy) is 1. The third-order valence-corrected chi connectivity index (χ3v) is 4.21. The Morgan fingerprint density at radius 3 is 2.50 bits per heavy atom. The number of anilines is 1. The molecule has 8 nitrogen and oxygen atoms in total. The number of hydrogen-bond acceptors (Lipinski definition) is 5. The fraction of sp³-hybridized carbons (Fsp3) is 0.200. The van der Waals surface area contributed by atoms with E-state index in [-0.39, 0.29) is 17.5 Å². The zero-order valence-corrected chi connectivity index (χ0v) is 15.0. The van der Waals surface area contributed by atoms with E-state index in [2.05, 4.69) is 5.32 Å². The summed E-state index contributed by atoms with van der Waals surface area (Å²) in [6.45, 7) is 2.22. The number of non-ortho nitro benzene ring substituents is 1. The molecular weight excluding hydrogens is 362 g/mol. The van der Waals surface area contributed by atoms with E-state index in [0.717, 1.165) is 0 Å². The second-order valence-corrected chi connectivity index (χ2v) is 6.16. The molecule has 1 aliphatic heterocycles. The predicted molar refractivity (Wildman–Crippen MR) is 104 cm³/mol. The number of carbonyl (C=O) groups excluding carboxylic acids is 2. The number of hydrogen-bond donors (Lipinski definition) is 1. The molecule has 1 aliphatic rings. The summed E-state index contributed by atoms with van der Waals surface area (Å²) in [4.78, 5) is 36.5. The Hall–Kier alpha value is -3.52. The number of nitrogens with zero attached hydrogens (tertiary/aromatic N) is 2. The standard InChI is InChI=1S/C20H19N3O5/c24-19(9-4-15-2-1-3-18(14-15)23(26)27)21-17-7-5-16(6-8-17)20(25)22-10-12-28-13-11-22/h1-9,14H,10-13H2,(H,21,24)/b9-4+. The van der Waals surface area contributed by atoms with Crippen LogP contribution in [0.5, 0.6) is 0 Å². The minimum absolute atomic E-state index is 0.0388. The second kappa shape index (κ2) is 8.92. The largest absolute Gasteiger partial charge is 0.378 e. The second-order valence-electron chi connectivity index (χ2n) is 6.16. The van der Waals surface area contributed by atoms with Crippen molar-refractivity contribution in [1.82, 2.24) is 4.90 Å². The van der Waals surface area contributed by atoms with E-state index in [1.165, 1.54) is 24.3 Å². The van der Waals surface area contributed by atoms with Crippen LogP contribution in [0.4, 0.5) is 11.4 Å². The number of amides is 2. The minimum Gasteiger partial charge on any atom is -0.378 e. The van der Waals surface area contributed by atoms with Gasteiger partial charge in [0.05, 0.1) is 18.1 Å². The highest BCUT2D eigenvalue weighted by molar-refractivity contribution is 6.02. The Bertz CT molecular complexity index is 902. The Morgan fingerprint density at radius 2 is 1.82 bits per heavy atom. The molecule has 2 aromatic carbocycles. The van der Waals surface area contributed by atoms with Gasteiger partial charge in [0.25, 0.3) is 11.6 Å². The first-order valence-electron chi connectivity index (χ1n) is 8.73. The molecule has 0 bridgehead atoms. The molecule has 144 valence electrons. The van der Waals surface area contributed by atoms with Crippen LogP contribution in [0, 0.1) is 10.1 Å². The Balaban J connectivity index is 1.59. The fourth-order valence-electron chi connectivity index (χ4n) is 2.74. The van der Waals surface area contributed by atoms with Gasteiger partial charge in [0.1, 0.15) is 0 Å². The van der Waals surface area contributed by atoms with Gasteiger partial charge >= 0.3 is 0 Å². The highest BCUT2D eigenvalue weighted by Gasteiger charge is 2.18. The molecule has 2 aromatic rings. The van der Waals surface area contributed by atoms with Crippen LogP contribution in [0.2, 0.25) is 0 Å². The molecule has 28 heavy (non-hydrogen) atoms. The smallest absolute Gasteiger partial charge is 0.270 e. The van der Waals surface area contributed by atoms with E-state index in [1.54, 1.807) is 41.3 Å². The van der Waals surface area contributed by atoms with Gasteiger partial charge in [0, 0.05) is 42.5 Å². The maximum atomic E-state index is 12.4. The summed E-state index contributed by atoms with van der Waals surface area (Å²) in [7, 11) is 0. The lowest BCUT2D eigenvalue weighted by atomic mass is 10.1. The third kappa shape index (κ3) is 5.01. The first kappa shape index (κ1) is 19.2. The zero-order chi connectivity index (χ0) is 19.9. The summed E-state index contributed by atoms with van der Waals surface area (Å²) in [5, 5.41) is 13.5. The summed E-state index contributed by atoms with van der Waals surface area (Å²) >= 11 is 0. The molecule has 0 radical (unpaired) electrons. The predicted octanol–water partition coefficient (Wildman–Crippen LogP) is 2.72. The van der Waals surface area contributed by atoms with Crippen molar-refractivity contribution in [2.24, 2.45) is 0 Å². The molecule has 2 amide bonds. The molecule has 0 spiro atoms. The Morgan fingerprint density at radius 1 is 1.11 bits per heavy atom.